The first-order chi connectivity index (χ1) is 7.99. The van der Waals surface area contributed by atoms with Crippen LogP contribution in [-0.2, 0) is 0 Å². The highest BCUT2D eigenvalue weighted by Gasteiger charge is 2.10. The average Bonchev–Trinajstić information content (AvgIpc) is 2.26. The van der Waals surface area contributed by atoms with Gasteiger partial charge in [0, 0.05) is 16.6 Å². The molecule has 2 heteroatoms. The molecular weight excluding hydrogens is 274 g/mol. The minimum Gasteiger partial charge on any atom is -0.308 e. The Labute approximate surface area is 114 Å². The quantitative estimate of drug-likeness (QED) is 0.785. The van der Waals surface area contributed by atoms with Crippen molar-refractivity contribution < 1.29 is 0 Å². The Morgan fingerprint density at radius 1 is 1.12 bits per heavy atom. The van der Waals surface area contributed by atoms with Crippen molar-refractivity contribution in [1.82, 2.24) is 5.32 Å². The van der Waals surface area contributed by atoms with Crippen LogP contribution in [0, 0.1) is 5.92 Å². The van der Waals surface area contributed by atoms with Crippen LogP contribution in [0.1, 0.15) is 52.1 Å². The number of hydrogen-bond donors (Lipinski definition) is 1. The molecule has 1 nitrogen and oxygen atoms in total. The van der Waals surface area contributed by atoms with Gasteiger partial charge in [0.05, 0.1) is 0 Å². The lowest BCUT2D eigenvalue weighted by molar-refractivity contribution is 0.417. The second kappa shape index (κ2) is 7.17. The molecule has 0 aromatic heterocycles. The van der Waals surface area contributed by atoms with Crippen molar-refractivity contribution >= 4 is 15.9 Å². The summed E-state index contributed by atoms with van der Waals surface area (Å²) in [5.74, 6) is 0.792. The summed E-state index contributed by atoms with van der Waals surface area (Å²) in [6, 6.07) is 9.51. The molecule has 0 fully saturated rings. The molecule has 0 aliphatic carbocycles. The Morgan fingerprint density at radius 3 is 2.41 bits per heavy atom. The summed E-state index contributed by atoms with van der Waals surface area (Å²) in [5.41, 5.74) is 1.34. The lowest BCUT2D eigenvalue weighted by atomic mass is 10.0. The third-order valence-electron chi connectivity index (χ3n) is 3.06. The molecule has 2 atom stereocenters. The molecule has 0 aliphatic rings. The van der Waals surface area contributed by atoms with E-state index in [0.29, 0.717) is 12.1 Å². The van der Waals surface area contributed by atoms with Crippen molar-refractivity contribution in [1.29, 1.82) is 0 Å². The zero-order chi connectivity index (χ0) is 12.8. The fraction of sp³-hybridized carbons (Fsp3) is 0.600. The van der Waals surface area contributed by atoms with Crippen LogP contribution in [-0.4, -0.2) is 6.04 Å². The van der Waals surface area contributed by atoms with Gasteiger partial charge in [-0.15, -0.1) is 0 Å². The third kappa shape index (κ3) is 5.69. The van der Waals surface area contributed by atoms with E-state index in [1.165, 1.54) is 18.4 Å². The fourth-order valence-electron chi connectivity index (χ4n) is 1.97. The molecule has 0 amide bonds. The lowest BCUT2D eigenvalue weighted by Crippen LogP contribution is -2.29. The number of nitrogens with one attached hydrogen (secondary N) is 1. The predicted molar refractivity (Wildman–Crippen MR) is 79.2 cm³/mol. The largest absolute Gasteiger partial charge is 0.308 e. The van der Waals surface area contributed by atoms with Gasteiger partial charge >= 0.3 is 0 Å². The number of halogens is 1. The van der Waals surface area contributed by atoms with Crippen LogP contribution in [0.4, 0.5) is 0 Å². The number of benzene rings is 1. The van der Waals surface area contributed by atoms with Crippen LogP contribution in [0.25, 0.3) is 0 Å². The maximum absolute atomic E-state index is 3.66. The van der Waals surface area contributed by atoms with E-state index < -0.39 is 0 Å². The molecule has 0 heterocycles. The molecule has 2 unspecified atom stereocenters. The topological polar surface area (TPSA) is 12.0 Å². The van der Waals surface area contributed by atoms with Crippen LogP contribution >= 0.6 is 15.9 Å². The van der Waals surface area contributed by atoms with E-state index >= 15 is 0 Å². The molecular formula is C15H24BrN. The first-order valence-electron chi connectivity index (χ1n) is 6.50. The standard InChI is InChI=1S/C15H24BrN/c1-11(2)8-9-12(3)17-13(4)14-6-5-7-15(16)10-14/h5-7,10-13,17H,8-9H2,1-4H3. The normalized spacial score (nSPS) is 14.9. The van der Waals surface area contributed by atoms with Gasteiger partial charge in [0.2, 0.25) is 0 Å². The molecule has 17 heavy (non-hydrogen) atoms. The molecule has 96 valence electrons. The molecule has 0 aliphatic heterocycles. The van der Waals surface area contributed by atoms with E-state index in [4.69, 9.17) is 0 Å². The van der Waals surface area contributed by atoms with Gasteiger partial charge in [-0.1, -0.05) is 41.9 Å². The molecule has 0 bridgehead atoms. The van der Waals surface area contributed by atoms with Crippen molar-refractivity contribution in [2.45, 2.75) is 52.6 Å². The van der Waals surface area contributed by atoms with Crippen molar-refractivity contribution in [2.75, 3.05) is 0 Å². The van der Waals surface area contributed by atoms with Crippen LogP contribution in [0.15, 0.2) is 28.7 Å². The second-order valence-electron chi connectivity index (χ2n) is 5.32. The molecule has 1 aromatic carbocycles. The SMILES string of the molecule is CC(C)CCC(C)NC(C)c1cccc(Br)c1. The highest BCUT2D eigenvalue weighted by molar-refractivity contribution is 9.10. The molecule has 1 N–H and O–H groups in total. The minimum atomic E-state index is 0.412. The Kier molecular flexibility index (Phi) is 6.21. The van der Waals surface area contributed by atoms with E-state index in [1.54, 1.807) is 0 Å². The van der Waals surface area contributed by atoms with Crippen LogP contribution in [0.3, 0.4) is 0 Å². The van der Waals surface area contributed by atoms with Gasteiger partial charge in [0.25, 0.3) is 0 Å². The van der Waals surface area contributed by atoms with Gasteiger partial charge in [-0.25, -0.2) is 0 Å². The third-order valence-corrected chi connectivity index (χ3v) is 3.55. The number of hydrogen-bond acceptors (Lipinski definition) is 1. The Bertz CT molecular complexity index is 335. The average molecular weight is 298 g/mol. The van der Waals surface area contributed by atoms with E-state index in [-0.39, 0.29) is 0 Å². The summed E-state index contributed by atoms with van der Waals surface area (Å²) < 4.78 is 1.15. The summed E-state index contributed by atoms with van der Waals surface area (Å²) in [6.45, 7) is 9.07. The van der Waals surface area contributed by atoms with Gasteiger partial charge in [0.1, 0.15) is 0 Å². The molecule has 1 aromatic rings. The number of rotatable bonds is 6. The first kappa shape index (κ1) is 14.7. The van der Waals surface area contributed by atoms with Gasteiger partial charge in [-0.2, -0.15) is 0 Å². The Balaban J connectivity index is 2.45. The van der Waals surface area contributed by atoms with Gasteiger partial charge < -0.3 is 5.32 Å². The molecule has 1 rings (SSSR count). The minimum absolute atomic E-state index is 0.412. The summed E-state index contributed by atoms with van der Waals surface area (Å²) in [4.78, 5) is 0. The zero-order valence-electron chi connectivity index (χ0n) is 11.3. The van der Waals surface area contributed by atoms with Crippen LogP contribution < -0.4 is 5.32 Å². The van der Waals surface area contributed by atoms with Gasteiger partial charge in [-0.3, -0.25) is 0 Å². The van der Waals surface area contributed by atoms with Crippen LogP contribution in [0.2, 0.25) is 0 Å². The van der Waals surface area contributed by atoms with Crippen molar-refractivity contribution in [3.05, 3.63) is 34.3 Å². The molecule has 0 radical (unpaired) electrons. The van der Waals surface area contributed by atoms with Crippen molar-refractivity contribution in [3.63, 3.8) is 0 Å². The van der Waals surface area contributed by atoms with Crippen molar-refractivity contribution in [2.24, 2.45) is 5.92 Å². The van der Waals surface area contributed by atoms with E-state index in [9.17, 15) is 0 Å². The monoisotopic (exact) mass is 297 g/mol. The first-order valence-corrected chi connectivity index (χ1v) is 7.30. The maximum Gasteiger partial charge on any atom is 0.0294 e. The van der Waals surface area contributed by atoms with E-state index in [0.717, 1.165) is 10.4 Å². The van der Waals surface area contributed by atoms with E-state index in [2.05, 4.69) is 73.2 Å². The van der Waals surface area contributed by atoms with Gasteiger partial charge in [0.15, 0.2) is 0 Å². The lowest BCUT2D eigenvalue weighted by Gasteiger charge is -2.21. The molecule has 0 spiro atoms. The maximum atomic E-state index is 3.66. The fourth-order valence-corrected chi connectivity index (χ4v) is 2.38. The Morgan fingerprint density at radius 2 is 1.82 bits per heavy atom. The predicted octanol–water partition coefficient (Wildman–Crippen LogP) is 4.92. The summed E-state index contributed by atoms with van der Waals surface area (Å²) in [6.07, 6.45) is 2.54. The second-order valence-corrected chi connectivity index (χ2v) is 6.23. The molecule has 0 saturated heterocycles. The zero-order valence-corrected chi connectivity index (χ0v) is 12.9. The van der Waals surface area contributed by atoms with Crippen LogP contribution in [0.5, 0.6) is 0 Å². The summed E-state index contributed by atoms with van der Waals surface area (Å²) >= 11 is 3.52. The highest BCUT2D eigenvalue weighted by atomic mass is 79.9. The summed E-state index contributed by atoms with van der Waals surface area (Å²) in [5, 5.41) is 3.66. The Hall–Kier alpha value is -0.340. The highest BCUT2D eigenvalue weighted by Crippen LogP contribution is 2.19. The molecule has 0 saturated carbocycles. The summed E-state index contributed by atoms with van der Waals surface area (Å²) in [7, 11) is 0. The van der Waals surface area contributed by atoms with E-state index in [1.807, 2.05) is 0 Å². The smallest absolute Gasteiger partial charge is 0.0294 e. The van der Waals surface area contributed by atoms with Gasteiger partial charge in [-0.05, 0) is 50.3 Å². The van der Waals surface area contributed by atoms with Crippen molar-refractivity contribution in [3.8, 4) is 0 Å².